The summed E-state index contributed by atoms with van der Waals surface area (Å²) in [6.07, 6.45) is -3.75. The number of hydrogen-bond acceptors (Lipinski definition) is 4. The van der Waals surface area contributed by atoms with Crippen LogP contribution in [0.25, 0.3) is 0 Å². The molecule has 28 heavy (non-hydrogen) atoms. The number of benzene rings is 1. The number of halogens is 4. The van der Waals surface area contributed by atoms with Gasteiger partial charge in [-0.15, -0.1) is 0 Å². The van der Waals surface area contributed by atoms with Crippen LogP contribution in [0.2, 0.25) is 0 Å². The molecule has 1 fully saturated rings. The van der Waals surface area contributed by atoms with Crippen molar-refractivity contribution in [1.82, 2.24) is 9.80 Å². The SMILES string of the molecule is Cc1ccc(NC(=O)C(C)N2CCN(CCCOCC(F)(F)F)CC2)cc1F. The van der Waals surface area contributed by atoms with Crippen molar-refractivity contribution in [1.29, 1.82) is 0 Å². The van der Waals surface area contributed by atoms with E-state index >= 15 is 0 Å². The van der Waals surface area contributed by atoms with E-state index in [1.54, 1.807) is 26.0 Å². The number of aryl methyl sites for hydroxylation is 1. The van der Waals surface area contributed by atoms with Gasteiger partial charge in [-0.2, -0.15) is 13.2 Å². The number of nitrogens with zero attached hydrogens (tertiary/aromatic N) is 2. The highest BCUT2D eigenvalue weighted by Gasteiger charge is 2.28. The number of carbonyl (C=O) groups is 1. The van der Waals surface area contributed by atoms with Crippen LogP contribution < -0.4 is 5.32 Å². The number of nitrogens with one attached hydrogen (secondary N) is 1. The van der Waals surface area contributed by atoms with E-state index in [1.165, 1.54) is 6.07 Å². The number of anilines is 1. The van der Waals surface area contributed by atoms with Gasteiger partial charge in [-0.1, -0.05) is 6.07 Å². The van der Waals surface area contributed by atoms with E-state index < -0.39 is 12.8 Å². The van der Waals surface area contributed by atoms with E-state index in [0.717, 1.165) is 13.1 Å². The van der Waals surface area contributed by atoms with Gasteiger partial charge in [0.05, 0.1) is 6.04 Å². The monoisotopic (exact) mass is 405 g/mol. The molecule has 0 aromatic heterocycles. The fourth-order valence-corrected chi connectivity index (χ4v) is 3.04. The summed E-state index contributed by atoms with van der Waals surface area (Å²) in [4.78, 5) is 16.6. The molecule has 1 aliphatic heterocycles. The van der Waals surface area contributed by atoms with Gasteiger partial charge in [-0.3, -0.25) is 9.69 Å². The highest BCUT2D eigenvalue weighted by Crippen LogP contribution is 2.16. The summed E-state index contributed by atoms with van der Waals surface area (Å²) in [5, 5.41) is 2.74. The second-order valence-corrected chi connectivity index (χ2v) is 7.03. The first-order valence-corrected chi connectivity index (χ1v) is 9.33. The van der Waals surface area contributed by atoms with Crippen LogP contribution in [-0.4, -0.2) is 73.9 Å². The van der Waals surface area contributed by atoms with Crippen LogP contribution in [0.3, 0.4) is 0 Å². The fraction of sp³-hybridized carbons (Fsp3) is 0.632. The standard InChI is InChI=1S/C19H27F4N3O2/c1-14-4-5-16(12-17(14)20)24-18(27)15(2)26-9-7-25(8-10-26)6-3-11-28-13-19(21,22)23/h4-5,12,15H,3,6-11,13H2,1-2H3,(H,24,27). The molecule has 158 valence electrons. The van der Waals surface area contributed by atoms with Crippen LogP contribution >= 0.6 is 0 Å². The number of piperazine rings is 1. The van der Waals surface area contributed by atoms with E-state index in [-0.39, 0.29) is 24.4 Å². The van der Waals surface area contributed by atoms with Crippen molar-refractivity contribution in [2.75, 3.05) is 51.3 Å². The Labute approximate surface area is 162 Å². The van der Waals surface area contributed by atoms with Gasteiger partial charge in [0.15, 0.2) is 0 Å². The van der Waals surface area contributed by atoms with Crippen molar-refractivity contribution in [2.45, 2.75) is 32.5 Å². The van der Waals surface area contributed by atoms with Crippen LogP contribution in [0.5, 0.6) is 0 Å². The smallest absolute Gasteiger partial charge is 0.372 e. The zero-order valence-electron chi connectivity index (χ0n) is 16.2. The Bertz CT molecular complexity index is 647. The summed E-state index contributed by atoms with van der Waals surface area (Å²) in [7, 11) is 0. The lowest BCUT2D eigenvalue weighted by molar-refractivity contribution is -0.174. The van der Waals surface area contributed by atoms with Gasteiger partial charge < -0.3 is 15.0 Å². The van der Waals surface area contributed by atoms with Crippen LogP contribution in [0, 0.1) is 12.7 Å². The molecule has 0 spiro atoms. The molecule has 0 aliphatic carbocycles. The third kappa shape index (κ3) is 7.37. The molecule has 1 aromatic rings. The quantitative estimate of drug-likeness (QED) is 0.534. The highest BCUT2D eigenvalue weighted by molar-refractivity contribution is 5.94. The Balaban J connectivity index is 1.68. The van der Waals surface area contributed by atoms with Gasteiger partial charge in [0.25, 0.3) is 0 Å². The van der Waals surface area contributed by atoms with E-state index in [9.17, 15) is 22.4 Å². The summed E-state index contributed by atoms with van der Waals surface area (Å²) in [5.74, 6) is -0.560. The maximum atomic E-state index is 13.6. The van der Waals surface area contributed by atoms with Crippen molar-refractivity contribution in [3.63, 3.8) is 0 Å². The topological polar surface area (TPSA) is 44.8 Å². The van der Waals surface area contributed by atoms with Crippen LogP contribution in [0.1, 0.15) is 18.9 Å². The average molecular weight is 405 g/mol. The summed E-state index contributed by atoms with van der Waals surface area (Å²) in [6, 6.07) is 4.23. The van der Waals surface area contributed by atoms with Crippen molar-refractivity contribution in [3.8, 4) is 0 Å². The molecular weight excluding hydrogens is 378 g/mol. The third-order valence-corrected chi connectivity index (χ3v) is 4.80. The van der Waals surface area contributed by atoms with Gasteiger partial charge in [0.1, 0.15) is 12.4 Å². The second-order valence-electron chi connectivity index (χ2n) is 7.03. The first-order chi connectivity index (χ1) is 13.2. The summed E-state index contributed by atoms with van der Waals surface area (Å²) >= 11 is 0. The van der Waals surface area contributed by atoms with Crippen LogP contribution in [-0.2, 0) is 9.53 Å². The number of ether oxygens (including phenoxy) is 1. The van der Waals surface area contributed by atoms with E-state index in [4.69, 9.17) is 0 Å². The molecule has 9 heteroatoms. The van der Waals surface area contributed by atoms with Gasteiger partial charge in [0.2, 0.25) is 5.91 Å². The predicted octanol–water partition coefficient (Wildman–Crippen LogP) is 3.05. The van der Waals surface area contributed by atoms with Crippen LogP contribution in [0.4, 0.5) is 23.2 Å². The molecule has 1 heterocycles. The number of carbonyl (C=O) groups excluding carboxylic acids is 1. The lowest BCUT2D eigenvalue weighted by Crippen LogP contribution is -2.52. The fourth-order valence-electron chi connectivity index (χ4n) is 3.04. The molecular formula is C19H27F4N3O2. The van der Waals surface area contributed by atoms with Crippen LogP contribution in [0.15, 0.2) is 18.2 Å². The largest absolute Gasteiger partial charge is 0.411 e. The first kappa shape index (κ1) is 22.6. The zero-order valence-corrected chi connectivity index (χ0v) is 16.2. The predicted molar refractivity (Wildman–Crippen MR) is 98.7 cm³/mol. The molecule has 1 N–H and O–H groups in total. The Kier molecular flexibility index (Phi) is 8.21. The number of rotatable bonds is 8. The maximum absolute atomic E-state index is 13.6. The third-order valence-electron chi connectivity index (χ3n) is 4.80. The summed E-state index contributed by atoms with van der Waals surface area (Å²) in [5.41, 5.74) is 0.948. The molecule has 1 amide bonds. The van der Waals surface area contributed by atoms with Crippen molar-refractivity contribution < 1.29 is 27.1 Å². The van der Waals surface area contributed by atoms with E-state index in [0.29, 0.717) is 37.3 Å². The van der Waals surface area contributed by atoms with Gasteiger partial charge >= 0.3 is 6.18 Å². The highest BCUT2D eigenvalue weighted by atomic mass is 19.4. The lowest BCUT2D eigenvalue weighted by atomic mass is 10.2. The minimum atomic E-state index is -4.29. The molecule has 1 aromatic carbocycles. The van der Waals surface area contributed by atoms with E-state index in [1.807, 2.05) is 4.90 Å². The Morgan fingerprint density at radius 1 is 1.25 bits per heavy atom. The minimum Gasteiger partial charge on any atom is -0.372 e. The van der Waals surface area contributed by atoms with Crippen molar-refractivity contribution in [2.24, 2.45) is 0 Å². The first-order valence-electron chi connectivity index (χ1n) is 9.33. The summed E-state index contributed by atoms with van der Waals surface area (Å²) < 4.78 is 54.2. The van der Waals surface area contributed by atoms with Gasteiger partial charge in [-0.05, 0) is 38.0 Å². The molecule has 0 saturated carbocycles. The van der Waals surface area contributed by atoms with E-state index in [2.05, 4.69) is 15.0 Å². The second kappa shape index (κ2) is 10.2. The Hall–Kier alpha value is -1.71. The molecule has 1 unspecified atom stereocenters. The molecule has 0 radical (unpaired) electrons. The number of alkyl halides is 3. The van der Waals surface area contributed by atoms with Crippen molar-refractivity contribution >= 4 is 11.6 Å². The molecule has 1 atom stereocenters. The normalized spacial score (nSPS) is 17.5. The minimum absolute atomic E-state index is 0.0750. The van der Waals surface area contributed by atoms with Gasteiger partial charge in [-0.25, -0.2) is 4.39 Å². The van der Waals surface area contributed by atoms with Crippen molar-refractivity contribution in [3.05, 3.63) is 29.6 Å². The molecule has 2 rings (SSSR count). The number of hydrogen-bond donors (Lipinski definition) is 1. The molecule has 1 aliphatic rings. The Morgan fingerprint density at radius 3 is 2.54 bits per heavy atom. The molecule has 1 saturated heterocycles. The van der Waals surface area contributed by atoms with Gasteiger partial charge in [0, 0.05) is 45.0 Å². The molecule has 0 bridgehead atoms. The average Bonchev–Trinajstić information content (AvgIpc) is 2.63. The summed E-state index contributed by atoms with van der Waals surface area (Å²) in [6.45, 7) is 5.82. The lowest BCUT2D eigenvalue weighted by Gasteiger charge is -2.37. The maximum Gasteiger partial charge on any atom is 0.411 e. The Morgan fingerprint density at radius 2 is 1.93 bits per heavy atom. The zero-order chi connectivity index (χ0) is 20.7. The number of amides is 1. The molecule has 5 nitrogen and oxygen atoms in total.